The Labute approximate surface area is 135 Å². The van der Waals surface area contributed by atoms with Crippen LogP contribution in [0.2, 0.25) is 0 Å². The Morgan fingerprint density at radius 2 is 1.74 bits per heavy atom. The molecule has 0 radical (unpaired) electrons. The third kappa shape index (κ3) is 3.40. The molecule has 0 aliphatic heterocycles. The molecule has 0 spiro atoms. The third-order valence-corrected chi connectivity index (χ3v) is 5.94. The van der Waals surface area contributed by atoms with Crippen LogP contribution in [-0.4, -0.2) is 24.7 Å². The van der Waals surface area contributed by atoms with E-state index in [2.05, 4.69) is 0 Å². The van der Waals surface area contributed by atoms with Crippen molar-refractivity contribution in [2.75, 3.05) is 7.05 Å². The average molecular weight is 334 g/mol. The first-order valence-corrected chi connectivity index (χ1v) is 8.47. The Morgan fingerprint density at radius 3 is 2.30 bits per heavy atom. The van der Waals surface area contributed by atoms with E-state index < -0.39 is 14.9 Å². The molecule has 0 fully saturated rings. The van der Waals surface area contributed by atoms with Gasteiger partial charge in [0.25, 0.3) is 5.69 Å². The van der Waals surface area contributed by atoms with Gasteiger partial charge in [-0.25, -0.2) is 8.42 Å². The molecule has 0 bridgehead atoms. The smallest absolute Gasteiger partial charge is 0.258 e. The molecule has 0 heterocycles. The molecule has 122 valence electrons. The Kier molecular flexibility index (Phi) is 4.82. The molecule has 0 aliphatic rings. The minimum Gasteiger partial charge on any atom is -0.258 e. The van der Waals surface area contributed by atoms with Gasteiger partial charge in [0.15, 0.2) is 0 Å². The van der Waals surface area contributed by atoms with Crippen molar-refractivity contribution in [1.29, 1.82) is 0 Å². The quantitative estimate of drug-likeness (QED) is 0.621. The van der Waals surface area contributed by atoms with Crippen LogP contribution in [-0.2, 0) is 10.0 Å². The standard InChI is InChI=1S/C16H18N2O4S/c1-12-9-10-15(18(19)20)11-16(12)23(21,22)17(3)13(2)14-7-5-4-6-8-14/h4-11,13H,1-3H3. The highest BCUT2D eigenvalue weighted by Crippen LogP contribution is 2.29. The van der Waals surface area contributed by atoms with Crippen LogP contribution in [0, 0.1) is 17.0 Å². The van der Waals surface area contributed by atoms with Gasteiger partial charge in [0.05, 0.1) is 9.82 Å². The van der Waals surface area contributed by atoms with Gasteiger partial charge in [-0.1, -0.05) is 36.4 Å². The van der Waals surface area contributed by atoms with Crippen molar-refractivity contribution in [3.63, 3.8) is 0 Å². The predicted molar refractivity (Wildman–Crippen MR) is 87.6 cm³/mol. The summed E-state index contributed by atoms with van der Waals surface area (Å²) in [6.07, 6.45) is 0. The van der Waals surface area contributed by atoms with Gasteiger partial charge in [-0.05, 0) is 25.0 Å². The average Bonchev–Trinajstić information content (AvgIpc) is 2.54. The fourth-order valence-electron chi connectivity index (χ4n) is 2.29. The zero-order valence-corrected chi connectivity index (χ0v) is 13.9. The Balaban J connectivity index is 2.45. The number of sulfonamides is 1. The summed E-state index contributed by atoms with van der Waals surface area (Å²) in [4.78, 5) is 10.3. The first-order valence-electron chi connectivity index (χ1n) is 7.03. The largest absolute Gasteiger partial charge is 0.270 e. The zero-order valence-electron chi connectivity index (χ0n) is 13.1. The molecule has 0 saturated carbocycles. The molecular weight excluding hydrogens is 316 g/mol. The Morgan fingerprint density at radius 1 is 1.13 bits per heavy atom. The van der Waals surface area contributed by atoms with Gasteiger partial charge in [-0.3, -0.25) is 10.1 Å². The summed E-state index contributed by atoms with van der Waals surface area (Å²) in [6, 6.07) is 12.7. The lowest BCUT2D eigenvalue weighted by Crippen LogP contribution is -2.30. The molecule has 2 aromatic carbocycles. The van der Waals surface area contributed by atoms with Gasteiger partial charge in [-0.15, -0.1) is 0 Å². The van der Waals surface area contributed by atoms with E-state index >= 15 is 0 Å². The van der Waals surface area contributed by atoms with Crippen LogP contribution in [0.4, 0.5) is 5.69 Å². The molecule has 0 aliphatic carbocycles. The number of nitro benzene ring substituents is 1. The van der Waals surface area contributed by atoms with Crippen molar-refractivity contribution in [1.82, 2.24) is 4.31 Å². The maximum absolute atomic E-state index is 12.8. The van der Waals surface area contributed by atoms with Gasteiger partial charge in [-0.2, -0.15) is 4.31 Å². The summed E-state index contributed by atoms with van der Waals surface area (Å²) in [5.41, 5.74) is 1.08. The van der Waals surface area contributed by atoms with Crippen LogP contribution in [0.5, 0.6) is 0 Å². The Bertz CT molecular complexity index is 819. The van der Waals surface area contributed by atoms with E-state index in [4.69, 9.17) is 0 Å². The van der Waals surface area contributed by atoms with Crippen LogP contribution < -0.4 is 0 Å². The van der Waals surface area contributed by atoms with Crippen molar-refractivity contribution in [2.45, 2.75) is 24.8 Å². The second-order valence-corrected chi connectivity index (χ2v) is 7.28. The second-order valence-electron chi connectivity index (χ2n) is 5.31. The molecule has 2 rings (SSSR count). The molecule has 0 aromatic heterocycles. The van der Waals surface area contributed by atoms with Gasteiger partial charge < -0.3 is 0 Å². The lowest BCUT2D eigenvalue weighted by Gasteiger charge is -2.25. The zero-order chi connectivity index (χ0) is 17.2. The SMILES string of the molecule is Cc1ccc([N+](=O)[O-])cc1S(=O)(=O)N(C)C(C)c1ccccc1. The summed E-state index contributed by atoms with van der Waals surface area (Å²) in [7, 11) is -2.37. The molecule has 23 heavy (non-hydrogen) atoms. The fourth-order valence-corrected chi connectivity index (χ4v) is 3.88. The summed E-state index contributed by atoms with van der Waals surface area (Å²) in [5, 5.41) is 10.9. The molecule has 7 heteroatoms. The molecule has 2 aromatic rings. The monoisotopic (exact) mass is 334 g/mol. The fraction of sp³-hybridized carbons (Fsp3) is 0.250. The minimum absolute atomic E-state index is 0.0445. The topological polar surface area (TPSA) is 80.5 Å². The van der Waals surface area contributed by atoms with Crippen LogP contribution in [0.1, 0.15) is 24.1 Å². The van der Waals surface area contributed by atoms with E-state index in [1.807, 2.05) is 30.3 Å². The minimum atomic E-state index is -3.84. The molecule has 0 N–H and O–H groups in total. The van der Waals surface area contributed by atoms with Gasteiger partial charge in [0, 0.05) is 25.2 Å². The maximum atomic E-state index is 12.8. The van der Waals surface area contributed by atoms with E-state index in [9.17, 15) is 18.5 Å². The lowest BCUT2D eigenvalue weighted by atomic mass is 10.1. The number of nitro groups is 1. The first-order chi connectivity index (χ1) is 10.7. The normalized spacial score (nSPS) is 13.0. The highest BCUT2D eigenvalue weighted by molar-refractivity contribution is 7.89. The second kappa shape index (κ2) is 6.47. The van der Waals surface area contributed by atoms with Crippen molar-refractivity contribution in [3.8, 4) is 0 Å². The first kappa shape index (κ1) is 17.1. The highest BCUT2D eigenvalue weighted by atomic mass is 32.2. The van der Waals surface area contributed by atoms with E-state index in [1.54, 1.807) is 13.8 Å². The van der Waals surface area contributed by atoms with Gasteiger partial charge in [0.1, 0.15) is 0 Å². The molecule has 6 nitrogen and oxygen atoms in total. The summed E-state index contributed by atoms with van der Waals surface area (Å²) in [6.45, 7) is 3.40. The Hall–Kier alpha value is -2.25. The molecule has 0 amide bonds. The lowest BCUT2D eigenvalue weighted by molar-refractivity contribution is -0.385. The van der Waals surface area contributed by atoms with Crippen molar-refractivity contribution in [3.05, 3.63) is 69.8 Å². The molecular formula is C16H18N2O4S. The molecule has 1 unspecified atom stereocenters. The molecule has 0 saturated heterocycles. The van der Waals surface area contributed by atoms with Gasteiger partial charge >= 0.3 is 0 Å². The molecule has 1 atom stereocenters. The predicted octanol–water partition coefficient (Wildman–Crippen LogP) is 3.28. The van der Waals surface area contributed by atoms with Crippen molar-refractivity contribution >= 4 is 15.7 Å². The number of rotatable bonds is 5. The maximum Gasteiger partial charge on any atom is 0.270 e. The van der Waals surface area contributed by atoms with Crippen LogP contribution in [0.3, 0.4) is 0 Å². The highest BCUT2D eigenvalue weighted by Gasteiger charge is 2.29. The summed E-state index contributed by atoms with van der Waals surface area (Å²) >= 11 is 0. The van der Waals surface area contributed by atoms with Crippen molar-refractivity contribution in [2.24, 2.45) is 0 Å². The summed E-state index contributed by atoms with van der Waals surface area (Å²) < 4.78 is 26.9. The number of non-ortho nitro benzene ring substituents is 1. The number of benzene rings is 2. The van der Waals surface area contributed by atoms with E-state index in [-0.39, 0.29) is 16.6 Å². The number of nitrogens with zero attached hydrogens (tertiary/aromatic N) is 2. The van der Waals surface area contributed by atoms with Crippen LogP contribution >= 0.6 is 0 Å². The van der Waals surface area contributed by atoms with E-state index in [1.165, 1.54) is 23.5 Å². The van der Waals surface area contributed by atoms with E-state index in [0.717, 1.165) is 11.6 Å². The van der Waals surface area contributed by atoms with Crippen LogP contribution in [0.25, 0.3) is 0 Å². The third-order valence-electron chi connectivity index (χ3n) is 3.87. The van der Waals surface area contributed by atoms with Crippen LogP contribution in [0.15, 0.2) is 53.4 Å². The van der Waals surface area contributed by atoms with Gasteiger partial charge in [0.2, 0.25) is 10.0 Å². The number of hydrogen-bond donors (Lipinski definition) is 0. The number of aryl methyl sites for hydroxylation is 1. The van der Waals surface area contributed by atoms with E-state index in [0.29, 0.717) is 5.56 Å². The van der Waals surface area contributed by atoms with Crippen molar-refractivity contribution < 1.29 is 13.3 Å². The summed E-state index contributed by atoms with van der Waals surface area (Å²) in [5.74, 6) is 0. The number of hydrogen-bond acceptors (Lipinski definition) is 4.